The van der Waals surface area contributed by atoms with Crippen LogP contribution in [0.1, 0.15) is 31.9 Å². The summed E-state index contributed by atoms with van der Waals surface area (Å²) in [5.74, 6) is 2.42. The first-order chi connectivity index (χ1) is 10.6. The van der Waals surface area contributed by atoms with Gasteiger partial charge in [-0.15, -0.1) is 24.0 Å². The number of guanidine groups is 1. The lowest BCUT2D eigenvalue weighted by atomic mass is 9.92. The number of hydrogen-bond acceptors (Lipinski definition) is 2. The number of piperidine rings is 1. The second-order valence-corrected chi connectivity index (χ2v) is 6.41. The molecule has 3 atom stereocenters. The lowest BCUT2D eigenvalue weighted by Crippen LogP contribution is -2.49. The van der Waals surface area contributed by atoms with E-state index in [9.17, 15) is 0 Å². The molecule has 1 aliphatic rings. The molecule has 2 rings (SSSR count). The van der Waals surface area contributed by atoms with Crippen molar-refractivity contribution in [3.05, 3.63) is 35.9 Å². The molecule has 0 aromatic heterocycles. The van der Waals surface area contributed by atoms with Crippen LogP contribution in [0.15, 0.2) is 35.3 Å². The Labute approximate surface area is 157 Å². The minimum absolute atomic E-state index is 0. The average Bonchev–Trinajstić information content (AvgIpc) is 2.51. The van der Waals surface area contributed by atoms with Crippen LogP contribution in [0.4, 0.5) is 0 Å². The molecule has 0 radical (unpaired) electrons. The summed E-state index contributed by atoms with van der Waals surface area (Å²) in [6.07, 6.45) is 1.34. The second kappa shape index (κ2) is 10.1. The predicted octanol–water partition coefficient (Wildman–Crippen LogP) is 3.55. The van der Waals surface area contributed by atoms with E-state index in [2.05, 4.69) is 41.2 Å². The summed E-state index contributed by atoms with van der Waals surface area (Å²) in [6.45, 7) is 7.52. The van der Waals surface area contributed by atoms with Gasteiger partial charge >= 0.3 is 0 Å². The first kappa shape index (κ1) is 20.2. The number of halogens is 1. The van der Waals surface area contributed by atoms with E-state index in [0.717, 1.165) is 37.4 Å². The highest BCUT2D eigenvalue weighted by molar-refractivity contribution is 14.0. The molecule has 0 spiro atoms. The highest BCUT2D eigenvalue weighted by Crippen LogP contribution is 2.21. The van der Waals surface area contributed by atoms with Gasteiger partial charge in [-0.1, -0.05) is 44.2 Å². The molecule has 0 saturated carbocycles. The maximum Gasteiger partial charge on any atom is 0.193 e. The Kier molecular flexibility index (Phi) is 8.91. The highest BCUT2D eigenvalue weighted by Gasteiger charge is 2.24. The van der Waals surface area contributed by atoms with Crippen LogP contribution in [0.25, 0.3) is 0 Å². The first-order valence-electron chi connectivity index (χ1n) is 8.17. The van der Waals surface area contributed by atoms with Gasteiger partial charge < -0.3 is 15.0 Å². The largest absolute Gasteiger partial charge is 0.375 e. The number of methoxy groups -OCH3 is 1. The Hall–Kier alpha value is -0.820. The number of rotatable bonds is 4. The molecule has 1 aliphatic heterocycles. The van der Waals surface area contributed by atoms with Crippen LogP contribution in [-0.4, -0.2) is 44.7 Å². The third kappa shape index (κ3) is 5.95. The Bertz CT molecular complexity index is 470. The minimum atomic E-state index is 0. The maximum atomic E-state index is 5.62. The molecule has 0 bridgehead atoms. The fourth-order valence-corrected chi connectivity index (χ4v) is 3.36. The van der Waals surface area contributed by atoms with Gasteiger partial charge in [0, 0.05) is 33.8 Å². The Balaban J connectivity index is 0.00000264. The van der Waals surface area contributed by atoms with Crippen molar-refractivity contribution in [2.75, 3.05) is 33.8 Å². The van der Waals surface area contributed by atoms with Crippen LogP contribution in [0.3, 0.4) is 0 Å². The van der Waals surface area contributed by atoms with Crippen molar-refractivity contribution in [1.82, 2.24) is 10.2 Å². The zero-order valence-corrected chi connectivity index (χ0v) is 17.0. The Morgan fingerprint density at radius 3 is 2.39 bits per heavy atom. The molecule has 4 nitrogen and oxygen atoms in total. The lowest BCUT2D eigenvalue weighted by molar-refractivity contribution is 0.105. The van der Waals surface area contributed by atoms with Crippen molar-refractivity contribution in [3.8, 4) is 0 Å². The van der Waals surface area contributed by atoms with Crippen LogP contribution in [0, 0.1) is 11.8 Å². The van der Waals surface area contributed by atoms with Gasteiger partial charge in [0.15, 0.2) is 5.96 Å². The summed E-state index contributed by atoms with van der Waals surface area (Å²) in [5.41, 5.74) is 1.19. The number of benzene rings is 1. The van der Waals surface area contributed by atoms with Crippen LogP contribution < -0.4 is 5.32 Å². The zero-order valence-electron chi connectivity index (χ0n) is 14.7. The van der Waals surface area contributed by atoms with Crippen LogP contribution in [-0.2, 0) is 4.74 Å². The van der Waals surface area contributed by atoms with E-state index in [4.69, 9.17) is 4.74 Å². The molecule has 1 saturated heterocycles. The van der Waals surface area contributed by atoms with E-state index >= 15 is 0 Å². The second-order valence-electron chi connectivity index (χ2n) is 6.41. The number of likely N-dealkylation sites (tertiary alicyclic amines) is 1. The van der Waals surface area contributed by atoms with E-state index in [1.165, 1.54) is 12.0 Å². The molecule has 1 heterocycles. The van der Waals surface area contributed by atoms with Gasteiger partial charge in [-0.05, 0) is 23.8 Å². The van der Waals surface area contributed by atoms with Gasteiger partial charge in [-0.3, -0.25) is 4.99 Å². The Morgan fingerprint density at radius 1 is 1.26 bits per heavy atom. The van der Waals surface area contributed by atoms with Gasteiger partial charge in [-0.2, -0.15) is 0 Å². The SMILES string of the molecule is CN=C(NCC(OC)c1ccccc1)N1CC(C)CC(C)C1.I. The average molecular weight is 431 g/mol. The van der Waals surface area contributed by atoms with E-state index in [1.807, 2.05) is 25.2 Å². The standard InChI is InChI=1S/C18H29N3O.HI/c1-14-10-15(2)13-21(12-14)18(19-3)20-11-17(22-4)16-8-6-5-7-9-16;/h5-9,14-15,17H,10-13H2,1-4H3,(H,19,20);1H. The molecule has 130 valence electrons. The van der Waals surface area contributed by atoms with Crippen LogP contribution in [0.2, 0.25) is 0 Å². The monoisotopic (exact) mass is 431 g/mol. The van der Waals surface area contributed by atoms with E-state index in [0.29, 0.717) is 0 Å². The third-order valence-electron chi connectivity index (χ3n) is 4.28. The molecule has 5 heteroatoms. The normalized spacial score (nSPS) is 23.1. The minimum Gasteiger partial charge on any atom is -0.375 e. The summed E-state index contributed by atoms with van der Waals surface area (Å²) in [6, 6.07) is 10.3. The van der Waals surface area contributed by atoms with Crippen molar-refractivity contribution < 1.29 is 4.74 Å². The topological polar surface area (TPSA) is 36.9 Å². The summed E-state index contributed by atoms with van der Waals surface area (Å²) >= 11 is 0. The van der Waals surface area contributed by atoms with Crippen molar-refractivity contribution in [2.45, 2.75) is 26.4 Å². The zero-order chi connectivity index (χ0) is 15.9. The Morgan fingerprint density at radius 2 is 1.87 bits per heavy atom. The number of hydrogen-bond donors (Lipinski definition) is 1. The number of aliphatic imine (C=N–C) groups is 1. The van der Waals surface area contributed by atoms with Crippen molar-refractivity contribution in [1.29, 1.82) is 0 Å². The third-order valence-corrected chi connectivity index (χ3v) is 4.28. The van der Waals surface area contributed by atoms with Gasteiger partial charge in [0.05, 0.1) is 6.10 Å². The van der Waals surface area contributed by atoms with Crippen molar-refractivity contribution in [2.24, 2.45) is 16.8 Å². The number of nitrogens with one attached hydrogen (secondary N) is 1. The fraction of sp³-hybridized carbons (Fsp3) is 0.611. The van der Waals surface area contributed by atoms with Crippen LogP contribution >= 0.6 is 24.0 Å². The maximum absolute atomic E-state index is 5.62. The fourth-order valence-electron chi connectivity index (χ4n) is 3.36. The van der Waals surface area contributed by atoms with E-state index in [-0.39, 0.29) is 30.1 Å². The van der Waals surface area contributed by atoms with Gasteiger partial charge in [0.25, 0.3) is 0 Å². The first-order valence-corrected chi connectivity index (χ1v) is 8.17. The van der Waals surface area contributed by atoms with Crippen LogP contribution in [0.5, 0.6) is 0 Å². The molecular weight excluding hydrogens is 401 g/mol. The molecular formula is C18H30IN3O. The van der Waals surface area contributed by atoms with E-state index in [1.54, 1.807) is 7.11 Å². The summed E-state index contributed by atoms with van der Waals surface area (Å²) in [5, 5.41) is 3.48. The molecule has 1 N–H and O–H groups in total. The van der Waals surface area contributed by atoms with Crippen molar-refractivity contribution >= 4 is 29.9 Å². The van der Waals surface area contributed by atoms with Crippen molar-refractivity contribution in [3.63, 3.8) is 0 Å². The highest BCUT2D eigenvalue weighted by atomic mass is 127. The van der Waals surface area contributed by atoms with Gasteiger partial charge in [-0.25, -0.2) is 0 Å². The molecule has 0 aliphatic carbocycles. The summed E-state index contributed by atoms with van der Waals surface area (Å²) in [7, 11) is 3.61. The summed E-state index contributed by atoms with van der Waals surface area (Å²) < 4.78 is 5.62. The molecule has 1 aromatic rings. The molecule has 0 amide bonds. The number of ether oxygens (including phenoxy) is 1. The van der Waals surface area contributed by atoms with Gasteiger partial charge in [0.2, 0.25) is 0 Å². The predicted molar refractivity (Wildman–Crippen MR) is 107 cm³/mol. The summed E-state index contributed by atoms with van der Waals surface area (Å²) in [4.78, 5) is 6.83. The van der Waals surface area contributed by atoms with E-state index < -0.39 is 0 Å². The molecule has 3 unspecified atom stereocenters. The molecule has 1 aromatic carbocycles. The smallest absolute Gasteiger partial charge is 0.193 e. The number of nitrogens with zero attached hydrogens (tertiary/aromatic N) is 2. The molecule has 23 heavy (non-hydrogen) atoms. The van der Waals surface area contributed by atoms with Gasteiger partial charge in [0.1, 0.15) is 0 Å². The quantitative estimate of drug-likeness (QED) is 0.450. The lowest BCUT2D eigenvalue weighted by Gasteiger charge is -2.37. The molecule has 1 fully saturated rings.